The number of hydrazine groups is 1. The van der Waals surface area contributed by atoms with Crippen LogP contribution in [-0.2, 0) is 16.1 Å². The molecule has 2 rings (SSSR count). The molecule has 8 nitrogen and oxygen atoms in total. The standard InChI is InChI=1S/C12H17N5O3/c13-15-12(20)9-3-6-16(7-4-9)11(19)8-17-10(18)2-1-5-14-17/h1-2,5,9H,3-4,6-8,13H2,(H,15,20). The van der Waals surface area contributed by atoms with E-state index in [1.807, 2.05) is 0 Å². The monoisotopic (exact) mass is 279 g/mol. The number of aromatic nitrogens is 2. The Morgan fingerprint density at radius 3 is 2.70 bits per heavy atom. The highest BCUT2D eigenvalue weighted by Gasteiger charge is 2.27. The summed E-state index contributed by atoms with van der Waals surface area (Å²) in [5.74, 6) is 4.57. The van der Waals surface area contributed by atoms with Crippen molar-refractivity contribution in [2.45, 2.75) is 19.4 Å². The normalized spacial score (nSPS) is 15.9. The summed E-state index contributed by atoms with van der Waals surface area (Å²) in [5.41, 5.74) is 1.82. The molecule has 0 unspecified atom stereocenters. The largest absolute Gasteiger partial charge is 0.341 e. The van der Waals surface area contributed by atoms with Gasteiger partial charge in [-0.1, -0.05) is 0 Å². The molecule has 108 valence electrons. The molecule has 8 heteroatoms. The van der Waals surface area contributed by atoms with Crippen LogP contribution in [0.5, 0.6) is 0 Å². The van der Waals surface area contributed by atoms with Crippen molar-refractivity contribution < 1.29 is 9.59 Å². The van der Waals surface area contributed by atoms with Gasteiger partial charge in [0.1, 0.15) is 6.54 Å². The number of nitrogens with one attached hydrogen (secondary N) is 1. The van der Waals surface area contributed by atoms with Gasteiger partial charge < -0.3 is 4.90 Å². The van der Waals surface area contributed by atoms with Crippen LogP contribution in [0.2, 0.25) is 0 Å². The van der Waals surface area contributed by atoms with E-state index < -0.39 is 0 Å². The van der Waals surface area contributed by atoms with Crippen molar-refractivity contribution in [1.29, 1.82) is 0 Å². The number of nitrogens with two attached hydrogens (primary N) is 1. The van der Waals surface area contributed by atoms with Crippen LogP contribution in [0.3, 0.4) is 0 Å². The Morgan fingerprint density at radius 1 is 1.40 bits per heavy atom. The highest BCUT2D eigenvalue weighted by atomic mass is 16.2. The van der Waals surface area contributed by atoms with E-state index in [0.717, 1.165) is 4.68 Å². The predicted molar refractivity (Wildman–Crippen MR) is 70.1 cm³/mol. The van der Waals surface area contributed by atoms with E-state index in [2.05, 4.69) is 10.5 Å². The van der Waals surface area contributed by atoms with Crippen molar-refractivity contribution in [3.05, 3.63) is 28.7 Å². The molecule has 1 saturated heterocycles. The summed E-state index contributed by atoms with van der Waals surface area (Å²) in [6.45, 7) is 0.893. The number of hydrogen-bond acceptors (Lipinski definition) is 5. The minimum absolute atomic E-state index is 0.0760. The molecule has 2 heterocycles. The number of carbonyl (C=O) groups excluding carboxylic acids is 2. The number of piperidine rings is 1. The average Bonchev–Trinajstić information content (AvgIpc) is 2.49. The molecule has 0 atom stereocenters. The Kier molecular flexibility index (Phi) is 4.46. The van der Waals surface area contributed by atoms with Crippen LogP contribution in [0.4, 0.5) is 0 Å². The van der Waals surface area contributed by atoms with Crippen molar-refractivity contribution in [3.63, 3.8) is 0 Å². The number of carbonyl (C=O) groups is 2. The lowest BCUT2D eigenvalue weighted by molar-refractivity contribution is -0.136. The van der Waals surface area contributed by atoms with Crippen LogP contribution in [0.1, 0.15) is 12.8 Å². The third-order valence-electron chi connectivity index (χ3n) is 3.43. The first-order chi connectivity index (χ1) is 9.61. The van der Waals surface area contributed by atoms with Gasteiger partial charge in [-0.3, -0.25) is 19.8 Å². The molecule has 0 aromatic carbocycles. The molecule has 1 aliphatic heterocycles. The highest BCUT2D eigenvalue weighted by molar-refractivity contribution is 5.79. The Hall–Kier alpha value is -2.22. The van der Waals surface area contributed by atoms with Gasteiger partial charge in [-0.2, -0.15) is 5.10 Å². The van der Waals surface area contributed by atoms with Crippen LogP contribution in [0, 0.1) is 5.92 Å². The molecule has 1 aromatic rings. The number of nitrogens with zero attached hydrogens (tertiary/aromatic N) is 3. The van der Waals surface area contributed by atoms with Gasteiger partial charge in [0.2, 0.25) is 11.8 Å². The number of hydrogen-bond donors (Lipinski definition) is 2. The van der Waals surface area contributed by atoms with Crippen molar-refractivity contribution in [2.24, 2.45) is 11.8 Å². The molecule has 3 N–H and O–H groups in total. The van der Waals surface area contributed by atoms with Gasteiger partial charge >= 0.3 is 0 Å². The van der Waals surface area contributed by atoms with E-state index in [4.69, 9.17) is 5.84 Å². The van der Waals surface area contributed by atoms with E-state index >= 15 is 0 Å². The summed E-state index contributed by atoms with van der Waals surface area (Å²) >= 11 is 0. The predicted octanol–water partition coefficient (Wildman–Crippen LogP) is -1.53. The minimum Gasteiger partial charge on any atom is -0.341 e. The third kappa shape index (κ3) is 3.21. The summed E-state index contributed by atoms with van der Waals surface area (Å²) < 4.78 is 1.13. The first-order valence-electron chi connectivity index (χ1n) is 6.42. The molecule has 1 aromatic heterocycles. The summed E-state index contributed by atoms with van der Waals surface area (Å²) in [6.07, 6.45) is 2.62. The van der Waals surface area contributed by atoms with Gasteiger partial charge in [-0.25, -0.2) is 10.5 Å². The second-order valence-electron chi connectivity index (χ2n) is 4.68. The summed E-state index contributed by atoms with van der Waals surface area (Å²) in [5, 5.41) is 3.85. The van der Waals surface area contributed by atoms with E-state index in [1.54, 1.807) is 4.90 Å². The summed E-state index contributed by atoms with van der Waals surface area (Å²) in [6, 6.07) is 2.89. The molecule has 0 saturated carbocycles. The van der Waals surface area contributed by atoms with Crippen LogP contribution < -0.4 is 16.8 Å². The molecule has 0 spiro atoms. The Bertz CT molecular complexity index is 548. The first kappa shape index (κ1) is 14.2. The molecule has 0 bridgehead atoms. The molecule has 1 aliphatic rings. The first-order valence-corrected chi connectivity index (χ1v) is 6.42. The second-order valence-corrected chi connectivity index (χ2v) is 4.68. The fourth-order valence-electron chi connectivity index (χ4n) is 2.24. The van der Waals surface area contributed by atoms with Crippen LogP contribution in [-0.4, -0.2) is 39.6 Å². The topological polar surface area (TPSA) is 110 Å². The Labute approximate surface area is 115 Å². The number of amides is 2. The zero-order chi connectivity index (χ0) is 14.5. The highest BCUT2D eigenvalue weighted by Crippen LogP contribution is 2.17. The maximum Gasteiger partial charge on any atom is 0.267 e. The smallest absolute Gasteiger partial charge is 0.267 e. The van der Waals surface area contributed by atoms with Crippen LogP contribution in [0.25, 0.3) is 0 Å². The average molecular weight is 279 g/mol. The van der Waals surface area contributed by atoms with Crippen molar-refractivity contribution in [3.8, 4) is 0 Å². The maximum absolute atomic E-state index is 12.1. The molecule has 0 aliphatic carbocycles. The van der Waals surface area contributed by atoms with Crippen LogP contribution >= 0.6 is 0 Å². The number of likely N-dealkylation sites (tertiary alicyclic amines) is 1. The van der Waals surface area contributed by atoms with Crippen molar-refractivity contribution >= 4 is 11.8 Å². The van der Waals surface area contributed by atoms with Crippen molar-refractivity contribution in [2.75, 3.05) is 13.1 Å². The van der Waals surface area contributed by atoms with Gasteiger partial charge in [-0.15, -0.1) is 0 Å². The molecule has 20 heavy (non-hydrogen) atoms. The van der Waals surface area contributed by atoms with E-state index in [9.17, 15) is 14.4 Å². The molecular weight excluding hydrogens is 262 g/mol. The van der Waals surface area contributed by atoms with Gasteiger partial charge in [0.25, 0.3) is 5.56 Å². The summed E-state index contributed by atoms with van der Waals surface area (Å²) in [7, 11) is 0. The molecular formula is C12H17N5O3. The van der Waals surface area contributed by atoms with Crippen LogP contribution in [0.15, 0.2) is 23.1 Å². The third-order valence-corrected chi connectivity index (χ3v) is 3.43. The van der Waals surface area contributed by atoms with Gasteiger partial charge in [-0.05, 0) is 18.9 Å². The Morgan fingerprint density at radius 2 is 2.10 bits per heavy atom. The molecule has 2 amide bonds. The second kappa shape index (κ2) is 6.29. The van der Waals surface area contributed by atoms with E-state index in [1.165, 1.54) is 18.3 Å². The van der Waals surface area contributed by atoms with Gasteiger partial charge in [0.05, 0.1) is 0 Å². The van der Waals surface area contributed by atoms with Gasteiger partial charge in [0, 0.05) is 31.3 Å². The minimum atomic E-state index is -0.307. The maximum atomic E-state index is 12.1. The molecule has 0 radical (unpaired) electrons. The van der Waals surface area contributed by atoms with Gasteiger partial charge in [0.15, 0.2) is 0 Å². The lowest BCUT2D eigenvalue weighted by atomic mass is 9.96. The quantitative estimate of drug-likeness (QED) is 0.396. The summed E-state index contributed by atoms with van der Waals surface area (Å²) in [4.78, 5) is 36.6. The van der Waals surface area contributed by atoms with E-state index in [-0.39, 0.29) is 29.8 Å². The fourth-order valence-corrected chi connectivity index (χ4v) is 2.24. The molecule has 1 fully saturated rings. The number of rotatable bonds is 3. The Balaban J connectivity index is 1.91. The zero-order valence-corrected chi connectivity index (χ0v) is 11.0. The van der Waals surface area contributed by atoms with E-state index in [0.29, 0.717) is 25.9 Å². The lowest BCUT2D eigenvalue weighted by Crippen LogP contribution is -2.46. The fraction of sp³-hybridized carbons (Fsp3) is 0.500. The zero-order valence-electron chi connectivity index (χ0n) is 11.0. The lowest BCUT2D eigenvalue weighted by Gasteiger charge is -2.31. The van der Waals surface area contributed by atoms with Crippen molar-refractivity contribution in [1.82, 2.24) is 20.1 Å². The SMILES string of the molecule is NNC(=O)C1CCN(C(=O)Cn2ncccc2=O)CC1.